The van der Waals surface area contributed by atoms with E-state index in [2.05, 4.69) is 0 Å². The van der Waals surface area contributed by atoms with Gasteiger partial charge in [0.2, 0.25) is 0 Å². The Morgan fingerprint density at radius 2 is 1.89 bits per heavy atom. The molecule has 1 N–H and O–H groups in total. The van der Waals surface area contributed by atoms with Crippen molar-refractivity contribution in [2.24, 2.45) is 0 Å². The number of furan rings is 1. The van der Waals surface area contributed by atoms with Gasteiger partial charge in [-0.05, 0) is 36.2 Å². The second-order valence-electron chi connectivity index (χ2n) is 4.11. The molecule has 0 radical (unpaired) electrons. The van der Waals surface area contributed by atoms with Gasteiger partial charge < -0.3 is 9.52 Å². The van der Waals surface area contributed by atoms with Crippen LogP contribution in [0.4, 0.5) is 17.6 Å². The van der Waals surface area contributed by atoms with Crippen molar-refractivity contribution in [3.05, 3.63) is 58.8 Å². The molecular weight excluding hydrogens is 264 g/mol. The zero-order valence-corrected chi connectivity index (χ0v) is 9.83. The summed E-state index contributed by atoms with van der Waals surface area (Å²) < 4.78 is 55.6. The Kier molecular flexibility index (Phi) is 3.36. The minimum absolute atomic E-state index is 0.00329. The molecule has 0 aliphatic heterocycles. The van der Waals surface area contributed by atoms with Crippen LogP contribution in [-0.4, -0.2) is 5.11 Å². The predicted molar refractivity (Wildman–Crippen MR) is 58.9 cm³/mol. The lowest BCUT2D eigenvalue weighted by Gasteiger charge is -2.12. The average molecular weight is 274 g/mol. The molecule has 1 heterocycles. The maximum Gasteiger partial charge on any atom is 0.419 e. The maximum absolute atomic E-state index is 13.4. The molecule has 0 spiro atoms. The largest absolute Gasteiger partial charge is 0.466 e. The van der Waals surface area contributed by atoms with Crippen molar-refractivity contribution >= 4 is 0 Å². The van der Waals surface area contributed by atoms with Crippen LogP contribution in [0.15, 0.2) is 34.9 Å². The van der Waals surface area contributed by atoms with Gasteiger partial charge in [-0.3, -0.25) is 0 Å². The van der Waals surface area contributed by atoms with Gasteiger partial charge in [0.05, 0.1) is 11.8 Å². The van der Waals surface area contributed by atoms with Crippen LogP contribution < -0.4 is 0 Å². The minimum atomic E-state index is -4.76. The number of aliphatic hydroxyl groups excluding tert-OH is 1. The third-order valence-electron chi connectivity index (χ3n) is 2.76. The third kappa shape index (κ3) is 2.63. The van der Waals surface area contributed by atoms with Crippen LogP contribution in [0.3, 0.4) is 0 Å². The number of hydrogen-bond donors (Lipinski definition) is 1. The average Bonchev–Trinajstić information content (AvgIpc) is 2.72. The van der Waals surface area contributed by atoms with E-state index in [1.54, 1.807) is 13.0 Å². The predicted octanol–water partition coefficient (Wildman–Crippen LogP) is 3.83. The van der Waals surface area contributed by atoms with Crippen molar-refractivity contribution < 1.29 is 27.1 Å². The highest BCUT2D eigenvalue weighted by Crippen LogP contribution is 2.33. The van der Waals surface area contributed by atoms with Gasteiger partial charge in [0.1, 0.15) is 17.7 Å². The molecule has 0 fully saturated rings. The molecule has 102 valence electrons. The quantitative estimate of drug-likeness (QED) is 0.844. The molecule has 0 aliphatic rings. The van der Waals surface area contributed by atoms with Crippen molar-refractivity contribution in [2.45, 2.75) is 19.2 Å². The monoisotopic (exact) mass is 274 g/mol. The first-order valence-corrected chi connectivity index (χ1v) is 5.39. The summed E-state index contributed by atoms with van der Waals surface area (Å²) in [5.74, 6) is -1.24. The Bertz CT molecular complexity index is 587. The van der Waals surface area contributed by atoms with Gasteiger partial charge in [0.15, 0.2) is 0 Å². The molecule has 2 nitrogen and oxygen atoms in total. The summed E-state index contributed by atoms with van der Waals surface area (Å²) in [5, 5.41) is 9.94. The van der Waals surface area contributed by atoms with E-state index >= 15 is 0 Å². The van der Waals surface area contributed by atoms with E-state index in [0.717, 1.165) is 6.07 Å². The van der Waals surface area contributed by atoms with Crippen LogP contribution in [0.25, 0.3) is 0 Å². The highest BCUT2D eigenvalue weighted by molar-refractivity contribution is 5.33. The van der Waals surface area contributed by atoms with Crippen LogP contribution in [0.5, 0.6) is 0 Å². The van der Waals surface area contributed by atoms with E-state index in [1.807, 2.05) is 0 Å². The first kappa shape index (κ1) is 13.6. The second-order valence-corrected chi connectivity index (χ2v) is 4.11. The summed E-state index contributed by atoms with van der Waals surface area (Å²) in [4.78, 5) is 0. The van der Waals surface area contributed by atoms with E-state index in [9.17, 15) is 22.7 Å². The first-order valence-electron chi connectivity index (χ1n) is 5.39. The normalized spacial score (nSPS) is 13.6. The molecular formula is C13H10F4O2. The lowest BCUT2D eigenvalue weighted by Crippen LogP contribution is -2.09. The number of halogens is 4. The minimum Gasteiger partial charge on any atom is -0.466 e. The summed E-state index contributed by atoms with van der Waals surface area (Å²) in [6.07, 6.45) is -4.71. The standard InChI is InChI=1S/C13H10F4O2/c1-7-4-5-19-12(7)11(18)8-2-3-9(10(14)6-8)13(15,16)17/h2-6,11,18H,1H3. The molecule has 1 aromatic heterocycles. The lowest BCUT2D eigenvalue weighted by molar-refractivity contribution is -0.140. The molecule has 1 unspecified atom stereocenters. The van der Waals surface area contributed by atoms with Crippen molar-refractivity contribution in [1.82, 2.24) is 0 Å². The van der Waals surface area contributed by atoms with Crippen molar-refractivity contribution in [3.63, 3.8) is 0 Å². The van der Waals surface area contributed by atoms with Gasteiger partial charge >= 0.3 is 6.18 Å². The number of alkyl halides is 3. The molecule has 0 aliphatic carbocycles. The number of benzene rings is 1. The molecule has 6 heteroatoms. The Balaban J connectivity index is 2.38. The Hall–Kier alpha value is -1.82. The number of rotatable bonds is 2. The molecule has 0 saturated carbocycles. The smallest absolute Gasteiger partial charge is 0.419 e. The van der Waals surface area contributed by atoms with E-state index < -0.39 is 23.7 Å². The van der Waals surface area contributed by atoms with Crippen LogP contribution in [0.1, 0.15) is 28.6 Å². The molecule has 19 heavy (non-hydrogen) atoms. The highest BCUT2D eigenvalue weighted by atomic mass is 19.4. The third-order valence-corrected chi connectivity index (χ3v) is 2.76. The van der Waals surface area contributed by atoms with E-state index in [-0.39, 0.29) is 11.3 Å². The molecule has 0 bridgehead atoms. The zero-order chi connectivity index (χ0) is 14.2. The Morgan fingerprint density at radius 3 is 2.37 bits per heavy atom. The van der Waals surface area contributed by atoms with Gasteiger partial charge in [-0.1, -0.05) is 6.07 Å². The summed E-state index contributed by atoms with van der Waals surface area (Å²) in [6, 6.07) is 3.89. The summed E-state index contributed by atoms with van der Waals surface area (Å²) >= 11 is 0. The molecule has 1 aromatic carbocycles. The van der Waals surface area contributed by atoms with Gasteiger partial charge in [0.25, 0.3) is 0 Å². The number of hydrogen-bond acceptors (Lipinski definition) is 2. The molecule has 2 aromatic rings. The Labute approximate surface area is 106 Å². The fourth-order valence-electron chi connectivity index (χ4n) is 1.75. The van der Waals surface area contributed by atoms with E-state index in [0.29, 0.717) is 17.7 Å². The number of aliphatic hydroxyl groups is 1. The summed E-state index contributed by atoms with van der Waals surface area (Å²) in [6.45, 7) is 1.67. The van der Waals surface area contributed by atoms with Crippen LogP contribution >= 0.6 is 0 Å². The topological polar surface area (TPSA) is 33.4 Å². The van der Waals surface area contributed by atoms with Crippen LogP contribution in [0, 0.1) is 12.7 Å². The Morgan fingerprint density at radius 1 is 1.21 bits per heavy atom. The van der Waals surface area contributed by atoms with Crippen molar-refractivity contribution in [2.75, 3.05) is 0 Å². The van der Waals surface area contributed by atoms with Gasteiger partial charge in [-0.15, -0.1) is 0 Å². The fourth-order valence-corrected chi connectivity index (χ4v) is 1.75. The van der Waals surface area contributed by atoms with E-state index in [4.69, 9.17) is 4.42 Å². The summed E-state index contributed by atoms with van der Waals surface area (Å²) in [5.41, 5.74) is -0.726. The molecule has 1 atom stereocenters. The van der Waals surface area contributed by atoms with Gasteiger partial charge in [-0.25, -0.2) is 4.39 Å². The first-order chi connectivity index (χ1) is 8.80. The molecule has 0 amide bonds. The van der Waals surface area contributed by atoms with Crippen molar-refractivity contribution in [3.8, 4) is 0 Å². The van der Waals surface area contributed by atoms with E-state index in [1.165, 1.54) is 6.26 Å². The zero-order valence-electron chi connectivity index (χ0n) is 9.83. The SMILES string of the molecule is Cc1ccoc1C(O)c1ccc(C(F)(F)F)c(F)c1. The maximum atomic E-state index is 13.4. The van der Waals surface area contributed by atoms with Crippen molar-refractivity contribution in [1.29, 1.82) is 0 Å². The fraction of sp³-hybridized carbons (Fsp3) is 0.231. The number of aryl methyl sites for hydroxylation is 1. The molecule has 0 saturated heterocycles. The van der Waals surface area contributed by atoms with Crippen LogP contribution in [0.2, 0.25) is 0 Å². The highest BCUT2D eigenvalue weighted by Gasteiger charge is 2.34. The van der Waals surface area contributed by atoms with Gasteiger partial charge in [-0.2, -0.15) is 13.2 Å². The van der Waals surface area contributed by atoms with Gasteiger partial charge in [0, 0.05) is 0 Å². The summed E-state index contributed by atoms with van der Waals surface area (Å²) in [7, 11) is 0. The molecule has 2 rings (SSSR count). The van der Waals surface area contributed by atoms with Crippen LogP contribution in [-0.2, 0) is 6.18 Å². The second kappa shape index (κ2) is 4.70. The lowest BCUT2D eigenvalue weighted by atomic mass is 10.0.